The lowest BCUT2D eigenvalue weighted by molar-refractivity contribution is -0.128. The van der Waals surface area contributed by atoms with Gasteiger partial charge in [-0.2, -0.15) is 0 Å². The van der Waals surface area contributed by atoms with Crippen LogP contribution in [0, 0.1) is 5.92 Å². The van der Waals surface area contributed by atoms with E-state index in [1.165, 1.54) is 0 Å². The highest BCUT2D eigenvalue weighted by molar-refractivity contribution is 5.86. The number of nitrogens with zero attached hydrogens (tertiary/aromatic N) is 1. The van der Waals surface area contributed by atoms with E-state index in [0.717, 1.165) is 23.4 Å². The van der Waals surface area contributed by atoms with Crippen molar-refractivity contribution in [3.05, 3.63) is 48.0 Å². The van der Waals surface area contributed by atoms with Crippen molar-refractivity contribution in [2.75, 3.05) is 38.3 Å². The highest BCUT2D eigenvalue weighted by atomic mass is 16.5. The fourth-order valence-corrected chi connectivity index (χ4v) is 4.15. The van der Waals surface area contributed by atoms with Crippen LogP contribution in [0.15, 0.2) is 42.5 Å². The Hall–Kier alpha value is -3.42. The molecule has 0 aromatic heterocycles. The average molecular weight is 454 g/mol. The molecule has 33 heavy (non-hydrogen) atoms. The summed E-state index contributed by atoms with van der Waals surface area (Å²) in [5.74, 6) is 1.84. The van der Waals surface area contributed by atoms with Crippen LogP contribution < -0.4 is 29.7 Å². The Bertz CT molecular complexity index is 1010. The summed E-state index contributed by atoms with van der Waals surface area (Å²) < 4.78 is 17.4. The number of hydrogen-bond donors (Lipinski definition) is 2. The SMILES string of the molecule is CNC(=O)[C@@H]1CN(CC(=O)N[C@H](c2ccc3c(c2)OCCCO3)C(C)C)c2ccccc2O1. The lowest BCUT2D eigenvalue weighted by atomic mass is 9.95. The number of rotatable bonds is 6. The number of para-hydroxylation sites is 2. The number of amides is 2. The summed E-state index contributed by atoms with van der Waals surface area (Å²) in [6, 6.07) is 13.1. The van der Waals surface area contributed by atoms with Crippen LogP contribution in [-0.4, -0.2) is 51.3 Å². The van der Waals surface area contributed by atoms with E-state index < -0.39 is 6.10 Å². The van der Waals surface area contributed by atoms with E-state index in [0.29, 0.717) is 31.3 Å². The van der Waals surface area contributed by atoms with Gasteiger partial charge in [-0.25, -0.2) is 0 Å². The lowest BCUT2D eigenvalue weighted by Gasteiger charge is -2.35. The average Bonchev–Trinajstić information content (AvgIpc) is 3.06. The Balaban J connectivity index is 1.50. The van der Waals surface area contributed by atoms with Gasteiger partial charge in [0, 0.05) is 13.5 Å². The molecule has 0 bridgehead atoms. The highest BCUT2D eigenvalue weighted by Crippen LogP contribution is 2.35. The van der Waals surface area contributed by atoms with Crippen LogP contribution in [0.25, 0.3) is 0 Å². The molecule has 0 radical (unpaired) electrons. The van der Waals surface area contributed by atoms with E-state index in [1.807, 2.05) is 47.4 Å². The van der Waals surface area contributed by atoms with Crippen molar-refractivity contribution in [2.45, 2.75) is 32.4 Å². The number of anilines is 1. The number of benzene rings is 2. The minimum atomic E-state index is -0.680. The van der Waals surface area contributed by atoms with Gasteiger partial charge in [0.2, 0.25) is 5.91 Å². The number of hydrogen-bond acceptors (Lipinski definition) is 6. The van der Waals surface area contributed by atoms with Crippen LogP contribution in [0.3, 0.4) is 0 Å². The molecule has 176 valence electrons. The van der Waals surface area contributed by atoms with E-state index >= 15 is 0 Å². The first-order valence-electron chi connectivity index (χ1n) is 11.4. The predicted molar refractivity (Wildman–Crippen MR) is 125 cm³/mol. The molecule has 8 nitrogen and oxygen atoms in total. The van der Waals surface area contributed by atoms with Crippen molar-refractivity contribution in [1.82, 2.24) is 10.6 Å². The quantitative estimate of drug-likeness (QED) is 0.699. The molecule has 2 aromatic rings. The molecular weight excluding hydrogens is 422 g/mol. The first-order chi connectivity index (χ1) is 16.0. The third-order valence-corrected chi connectivity index (χ3v) is 5.85. The molecular formula is C25H31N3O5. The van der Waals surface area contributed by atoms with Crippen LogP contribution in [0.1, 0.15) is 31.9 Å². The third-order valence-electron chi connectivity index (χ3n) is 5.85. The van der Waals surface area contributed by atoms with Crippen LogP contribution in [0.2, 0.25) is 0 Å². The van der Waals surface area contributed by atoms with Crippen molar-refractivity contribution in [3.63, 3.8) is 0 Å². The molecule has 0 unspecified atom stereocenters. The molecule has 4 rings (SSSR count). The van der Waals surface area contributed by atoms with Gasteiger partial charge in [-0.05, 0) is 35.7 Å². The molecule has 2 aromatic carbocycles. The fourth-order valence-electron chi connectivity index (χ4n) is 4.15. The Kier molecular flexibility index (Phi) is 6.91. The van der Waals surface area contributed by atoms with E-state index in [2.05, 4.69) is 24.5 Å². The van der Waals surface area contributed by atoms with E-state index in [9.17, 15) is 9.59 Å². The Morgan fingerprint density at radius 1 is 1.06 bits per heavy atom. The molecule has 0 aliphatic carbocycles. The molecule has 2 amide bonds. The molecule has 2 aliphatic heterocycles. The summed E-state index contributed by atoms with van der Waals surface area (Å²) in [6.45, 7) is 5.79. The van der Waals surface area contributed by atoms with Crippen molar-refractivity contribution in [1.29, 1.82) is 0 Å². The number of carbonyl (C=O) groups is 2. The van der Waals surface area contributed by atoms with Gasteiger partial charge in [0.1, 0.15) is 5.75 Å². The zero-order valence-corrected chi connectivity index (χ0v) is 19.3. The van der Waals surface area contributed by atoms with Crippen LogP contribution in [0.4, 0.5) is 5.69 Å². The smallest absolute Gasteiger partial charge is 0.262 e. The van der Waals surface area contributed by atoms with Crippen LogP contribution in [-0.2, 0) is 9.59 Å². The maximum atomic E-state index is 13.1. The topological polar surface area (TPSA) is 89.1 Å². The van der Waals surface area contributed by atoms with Gasteiger partial charge in [0.25, 0.3) is 5.91 Å². The summed E-state index contributed by atoms with van der Waals surface area (Å²) in [5.41, 5.74) is 1.76. The van der Waals surface area contributed by atoms with E-state index in [4.69, 9.17) is 14.2 Å². The Morgan fingerprint density at radius 2 is 1.82 bits per heavy atom. The van der Waals surface area contributed by atoms with Crippen molar-refractivity contribution >= 4 is 17.5 Å². The minimum Gasteiger partial charge on any atom is -0.490 e. The molecule has 2 N–H and O–H groups in total. The molecule has 8 heteroatoms. The summed E-state index contributed by atoms with van der Waals surface area (Å²) in [7, 11) is 1.58. The second-order valence-corrected chi connectivity index (χ2v) is 8.61. The maximum Gasteiger partial charge on any atom is 0.262 e. The molecule has 2 aliphatic rings. The summed E-state index contributed by atoms with van der Waals surface area (Å²) >= 11 is 0. The highest BCUT2D eigenvalue weighted by Gasteiger charge is 2.31. The van der Waals surface area contributed by atoms with E-state index in [1.54, 1.807) is 7.05 Å². The van der Waals surface area contributed by atoms with Crippen LogP contribution >= 0.6 is 0 Å². The van der Waals surface area contributed by atoms with Crippen LogP contribution in [0.5, 0.6) is 17.2 Å². The molecule has 0 fully saturated rings. The molecule has 0 spiro atoms. The molecule has 0 saturated heterocycles. The monoisotopic (exact) mass is 453 g/mol. The van der Waals surface area contributed by atoms with Crippen molar-refractivity contribution < 1.29 is 23.8 Å². The second kappa shape index (κ2) is 10.0. The maximum absolute atomic E-state index is 13.1. The number of carbonyl (C=O) groups excluding carboxylic acids is 2. The first kappa shape index (κ1) is 22.8. The van der Waals surface area contributed by atoms with Gasteiger partial charge >= 0.3 is 0 Å². The predicted octanol–water partition coefficient (Wildman–Crippen LogP) is 2.67. The normalized spacial score (nSPS) is 17.9. The Morgan fingerprint density at radius 3 is 2.58 bits per heavy atom. The minimum absolute atomic E-state index is 0.113. The zero-order chi connectivity index (χ0) is 23.4. The molecule has 0 saturated carbocycles. The number of nitrogens with one attached hydrogen (secondary N) is 2. The second-order valence-electron chi connectivity index (χ2n) is 8.61. The van der Waals surface area contributed by atoms with Gasteiger partial charge in [-0.15, -0.1) is 0 Å². The Labute approximate surface area is 194 Å². The van der Waals surface area contributed by atoms with Gasteiger partial charge < -0.3 is 29.7 Å². The first-order valence-corrected chi connectivity index (χ1v) is 11.4. The van der Waals surface area contributed by atoms with E-state index in [-0.39, 0.29) is 30.3 Å². The number of likely N-dealkylation sites (N-methyl/N-ethyl adjacent to an activating group) is 1. The van der Waals surface area contributed by atoms with Gasteiger partial charge in [-0.3, -0.25) is 9.59 Å². The van der Waals surface area contributed by atoms with Gasteiger partial charge in [-0.1, -0.05) is 32.0 Å². The third kappa shape index (κ3) is 5.16. The van der Waals surface area contributed by atoms with Crippen molar-refractivity contribution in [2.24, 2.45) is 5.92 Å². The summed E-state index contributed by atoms with van der Waals surface area (Å²) in [6.07, 6.45) is 0.159. The molecule has 2 atom stereocenters. The zero-order valence-electron chi connectivity index (χ0n) is 19.3. The number of fused-ring (bicyclic) bond motifs is 2. The van der Waals surface area contributed by atoms with Gasteiger partial charge in [0.05, 0.1) is 38.0 Å². The molecule has 2 heterocycles. The largest absolute Gasteiger partial charge is 0.490 e. The van der Waals surface area contributed by atoms with Gasteiger partial charge in [0.15, 0.2) is 17.6 Å². The summed E-state index contributed by atoms with van der Waals surface area (Å²) in [4.78, 5) is 27.3. The summed E-state index contributed by atoms with van der Waals surface area (Å²) in [5, 5.41) is 5.80. The number of ether oxygens (including phenoxy) is 3. The fraction of sp³-hybridized carbons (Fsp3) is 0.440. The lowest BCUT2D eigenvalue weighted by Crippen LogP contribution is -2.51. The van der Waals surface area contributed by atoms with Crippen molar-refractivity contribution in [3.8, 4) is 17.2 Å². The standard InChI is InChI=1S/C25H31N3O5/c1-16(2)24(17-9-10-20-21(13-17)32-12-6-11-31-20)27-23(29)15-28-14-22(25(30)26-3)33-19-8-5-4-7-18(19)28/h4-5,7-10,13,16,22,24H,6,11-12,14-15H2,1-3H3,(H,26,30)(H,27,29)/t22-,24-/m0/s1.